The third kappa shape index (κ3) is 38.0. The molecule has 3 atom stereocenters. The molecule has 308 valence electrons. The van der Waals surface area contributed by atoms with Crippen LogP contribution in [0, 0.1) is 0 Å². The number of esters is 2. The van der Waals surface area contributed by atoms with Crippen LogP contribution < -0.4 is 0 Å². The Balaban J connectivity index is 4.36. The summed E-state index contributed by atoms with van der Waals surface area (Å²) >= 11 is 0. The second-order valence-electron chi connectivity index (χ2n) is 13.7. The molecule has 11 heteroatoms. The van der Waals surface area contributed by atoms with Gasteiger partial charge in [0.05, 0.1) is 19.8 Å². The Morgan fingerprint density at radius 1 is 0.566 bits per heavy atom. The lowest BCUT2D eigenvalue weighted by atomic mass is 10.1. The summed E-state index contributed by atoms with van der Waals surface area (Å²) in [6, 6.07) is 0. The zero-order valence-electron chi connectivity index (χ0n) is 33.2. The van der Waals surface area contributed by atoms with Gasteiger partial charge in [-0.1, -0.05) is 146 Å². The maximum absolute atomic E-state index is 12.5. The number of unbranched alkanes of at least 4 members (excludes halogenated alkanes) is 16. The lowest BCUT2D eigenvalue weighted by Gasteiger charge is -2.20. The lowest BCUT2D eigenvalue weighted by Crippen LogP contribution is -2.29. The first-order valence-corrected chi connectivity index (χ1v) is 22.1. The number of allylic oxidation sites excluding steroid dienone is 8. The molecule has 0 spiro atoms. The number of hydrogen-bond donors (Lipinski definition) is 3. The Kier molecular flexibility index (Phi) is 36.7. The molecule has 10 nitrogen and oxygen atoms in total. The molecule has 0 fully saturated rings. The first-order valence-electron chi connectivity index (χ1n) is 20.6. The largest absolute Gasteiger partial charge is 0.472 e. The van der Waals surface area contributed by atoms with E-state index >= 15 is 0 Å². The number of rotatable bonds is 38. The van der Waals surface area contributed by atoms with E-state index in [4.69, 9.17) is 19.1 Å². The van der Waals surface area contributed by atoms with Crippen molar-refractivity contribution in [2.45, 2.75) is 180 Å². The summed E-state index contributed by atoms with van der Waals surface area (Å²) in [6.45, 7) is 2.29. The number of aliphatic hydroxyl groups is 2. The molecule has 1 unspecified atom stereocenters. The molecule has 53 heavy (non-hydrogen) atoms. The van der Waals surface area contributed by atoms with Gasteiger partial charge in [-0.05, 0) is 57.8 Å². The fourth-order valence-corrected chi connectivity index (χ4v) is 6.06. The van der Waals surface area contributed by atoms with E-state index in [2.05, 4.69) is 67.0 Å². The van der Waals surface area contributed by atoms with Crippen LogP contribution in [0.4, 0.5) is 0 Å². The number of ether oxygens (including phenoxy) is 2. The maximum Gasteiger partial charge on any atom is 0.472 e. The van der Waals surface area contributed by atoms with E-state index in [-0.39, 0.29) is 19.4 Å². The fraction of sp³-hybridized carbons (Fsp3) is 0.762. The molecule has 0 heterocycles. The number of aliphatic hydroxyl groups excluding tert-OH is 2. The molecule has 0 amide bonds. The molecule has 0 radical (unpaired) electrons. The molecule has 0 rings (SSSR count). The van der Waals surface area contributed by atoms with Crippen molar-refractivity contribution in [1.29, 1.82) is 0 Å². The van der Waals surface area contributed by atoms with Crippen molar-refractivity contribution in [3.63, 3.8) is 0 Å². The summed E-state index contributed by atoms with van der Waals surface area (Å²) in [4.78, 5) is 34.9. The number of carbonyl (C=O) groups excluding carboxylic acids is 2. The van der Waals surface area contributed by atoms with Crippen LogP contribution >= 0.6 is 7.82 Å². The van der Waals surface area contributed by atoms with Crippen LogP contribution in [-0.2, 0) is 32.7 Å². The molecule has 0 aromatic heterocycles. The zero-order chi connectivity index (χ0) is 39.1. The Morgan fingerprint density at radius 2 is 0.981 bits per heavy atom. The molecular weight excluding hydrogens is 695 g/mol. The summed E-state index contributed by atoms with van der Waals surface area (Å²) < 4.78 is 32.6. The van der Waals surface area contributed by atoms with E-state index in [1.54, 1.807) is 0 Å². The lowest BCUT2D eigenvalue weighted by molar-refractivity contribution is -0.161. The van der Waals surface area contributed by atoms with Crippen LogP contribution in [0.5, 0.6) is 0 Å². The van der Waals surface area contributed by atoms with E-state index in [0.29, 0.717) is 12.8 Å². The van der Waals surface area contributed by atoms with Crippen molar-refractivity contribution in [3.05, 3.63) is 48.6 Å². The third-order valence-electron chi connectivity index (χ3n) is 8.49. The maximum atomic E-state index is 12.5. The predicted molar refractivity (Wildman–Crippen MR) is 214 cm³/mol. The van der Waals surface area contributed by atoms with Crippen LogP contribution in [0.1, 0.15) is 168 Å². The van der Waals surface area contributed by atoms with Crippen molar-refractivity contribution in [3.8, 4) is 0 Å². The van der Waals surface area contributed by atoms with Gasteiger partial charge in [-0.15, -0.1) is 0 Å². The van der Waals surface area contributed by atoms with Crippen molar-refractivity contribution < 1.29 is 47.8 Å². The number of carbonyl (C=O) groups is 2. The van der Waals surface area contributed by atoms with Crippen LogP contribution in [-0.4, -0.2) is 65.7 Å². The van der Waals surface area contributed by atoms with E-state index in [9.17, 15) is 24.2 Å². The van der Waals surface area contributed by atoms with Gasteiger partial charge < -0.3 is 24.6 Å². The molecule has 0 aliphatic carbocycles. The molecule has 0 bridgehead atoms. The molecule has 0 saturated heterocycles. The molecule has 3 N–H and O–H groups in total. The Hall–Kier alpha value is -2.07. The molecular formula is C42H75O10P. The molecule has 0 aromatic carbocycles. The highest BCUT2D eigenvalue weighted by Gasteiger charge is 2.27. The van der Waals surface area contributed by atoms with Gasteiger partial charge in [0.15, 0.2) is 6.10 Å². The van der Waals surface area contributed by atoms with Gasteiger partial charge in [-0.3, -0.25) is 18.6 Å². The first-order chi connectivity index (χ1) is 25.7. The second kappa shape index (κ2) is 38.2. The van der Waals surface area contributed by atoms with Gasteiger partial charge in [0.25, 0.3) is 0 Å². The fourth-order valence-electron chi connectivity index (χ4n) is 5.27. The standard InChI is InChI=1S/C42H75O10P/c1-3-5-7-9-11-13-15-16-17-18-19-20-21-22-24-25-27-29-31-33-41(45)49-37-40(38-51-53(47,48)50-36-39(44)35-43)52-42(46)34-32-30-28-26-23-14-12-10-8-6-4-2/h11,13,16-17,19-20,22,24,39-40,43-44H,3-10,12,14-15,18,21,23,25-38H2,1-2H3,(H,47,48)/b13-11+,17-16+,20-19+,24-22+/t39-,40+/m1/s1. The van der Waals surface area contributed by atoms with Gasteiger partial charge in [-0.25, -0.2) is 4.57 Å². The molecule has 0 aromatic rings. The van der Waals surface area contributed by atoms with Gasteiger partial charge in [-0.2, -0.15) is 0 Å². The SMILES string of the molecule is CCCCC/C=C/C/C=C/C/C=C/C/C=C/CCCCCC(=O)OC[C@@H](COP(=O)(O)OC[C@H](O)CO)OC(=O)CCCCCCCCCCCCC. The van der Waals surface area contributed by atoms with Crippen LogP contribution in [0.2, 0.25) is 0 Å². The summed E-state index contributed by atoms with van der Waals surface area (Å²) in [5, 5.41) is 18.3. The topological polar surface area (TPSA) is 149 Å². The monoisotopic (exact) mass is 771 g/mol. The van der Waals surface area contributed by atoms with Gasteiger partial charge in [0.1, 0.15) is 12.7 Å². The normalized spacial score (nSPS) is 14.4. The molecule has 0 aliphatic heterocycles. The average molecular weight is 771 g/mol. The number of hydrogen-bond acceptors (Lipinski definition) is 9. The van der Waals surface area contributed by atoms with Crippen molar-refractivity contribution in [2.24, 2.45) is 0 Å². The molecule has 0 saturated carbocycles. The Bertz CT molecular complexity index is 1030. The van der Waals surface area contributed by atoms with E-state index in [0.717, 1.165) is 57.8 Å². The van der Waals surface area contributed by atoms with Gasteiger partial charge in [0, 0.05) is 12.8 Å². The zero-order valence-corrected chi connectivity index (χ0v) is 34.1. The minimum Gasteiger partial charge on any atom is -0.462 e. The Labute approximate surface area is 322 Å². The summed E-state index contributed by atoms with van der Waals surface area (Å²) in [5.74, 6) is -0.963. The Morgan fingerprint density at radius 3 is 1.51 bits per heavy atom. The van der Waals surface area contributed by atoms with Crippen LogP contribution in [0.3, 0.4) is 0 Å². The van der Waals surface area contributed by atoms with Crippen molar-refractivity contribution in [2.75, 3.05) is 26.4 Å². The third-order valence-corrected chi connectivity index (χ3v) is 9.44. The quantitative estimate of drug-likeness (QED) is 0.0240. The number of phosphoric acid groups is 1. The van der Waals surface area contributed by atoms with Gasteiger partial charge in [0.2, 0.25) is 0 Å². The average Bonchev–Trinajstić information content (AvgIpc) is 3.14. The number of phosphoric ester groups is 1. The van der Waals surface area contributed by atoms with Crippen molar-refractivity contribution >= 4 is 19.8 Å². The molecule has 0 aliphatic rings. The van der Waals surface area contributed by atoms with E-state index < -0.39 is 51.8 Å². The highest BCUT2D eigenvalue weighted by molar-refractivity contribution is 7.47. The summed E-state index contributed by atoms with van der Waals surface area (Å²) in [6.07, 6.45) is 39.4. The highest BCUT2D eigenvalue weighted by Crippen LogP contribution is 2.43. The van der Waals surface area contributed by atoms with E-state index in [1.165, 1.54) is 70.6 Å². The van der Waals surface area contributed by atoms with Crippen LogP contribution in [0.15, 0.2) is 48.6 Å². The minimum absolute atomic E-state index is 0.177. The summed E-state index contributed by atoms with van der Waals surface area (Å²) in [7, 11) is -4.62. The summed E-state index contributed by atoms with van der Waals surface area (Å²) in [5.41, 5.74) is 0. The second-order valence-corrected chi connectivity index (χ2v) is 15.1. The first kappa shape index (κ1) is 50.9. The van der Waals surface area contributed by atoms with Gasteiger partial charge >= 0.3 is 19.8 Å². The van der Waals surface area contributed by atoms with E-state index in [1.807, 2.05) is 0 Å². The highest BCUT2D eigenvalue weighted by atomic mass is 31.2. The minimum atomic E-state index is -4.62. The predicted octanol–water partition coefficient (Wildman–Crippen LogP) is 10.6. The van der Waals surface area contributed by atoms with Crippen molar-refractivity contribution in [1.82, 2.24) is 0 Å². The van der Waals surface area contributed by atoms with Crippen LogP contribution in [0.25, 0.3) is 0 Å². The smallest absolute Gasteiger partial charge is 0.462 e.